The molecule has 0 saturated heterocycles. The van der Waals surface area contributed by atoms with E-state index in [1.807, 2.05) is 43.3 Å². The Balaban J connectivity index is 1.71. The van der Waals surface area contributed by atoms with Gasteiger partial charge in [-0.3, -0.25) is 4.79 Å². The van der Waals surface area contributed by atoms with Gasteiger partial charge < -0.3 is 10.1 Å². The van der Waals surface area contributed by atoms with E-state index in [1.165, 1.54) is 0 Å². The fourth-order valence-corrected chi connectivity index (χ4v) is 3.05. The number of hydrogen-bond acceptors (Lipinski definition) is 4. The van der Waals surface area contributed by atoms with Crippen LogP contribution in [0.4, 0.5) is 5.69 Å². The normalized spacial score (nSPS) is 10.6. The number of nitrogens with zero attached hydrogens (tertiary/aromatic N) is 3. The molecule has 0 spiro atoms. The second kappa shape index (κ2) is 8.39. The largest absolute Gasteiger partial charge is 0.497 e. The van der Waals surface area contributed by atoms with Gasteiger partial charge in [0.2, 0.25) is 5.82 Å². The highest BCUT2D eigenvalue weighted by Crippen LogP contribution is 2.24. The molecule has 0 aliphatic carbocycles. The molecule has 6 nitrogen and oxygen atoms in total. The Morgan fingerprint density at radius 3 is 2.27 bits per heavy atom. The summed E-state index contributed by atoms with van der Waals surface area (Å²) in [5.41, 5.74) is 3.36. The van der Waals surface area contributed by atoms with Crippen LogP contribution in [0.15, 0.2) is 72.8 Å². The third kappa shape index (κ3) is 4.18. The second-order valence-electron chi connectivity index (χ2n) is 6.70. The first-order chi connectivity index (χ1) is 14.5. The molecule has 0 fully saturated rings. The lowest BCUT2D eigenvalue weighted by Gasteiger charge is -2.06. The molecular formula is C23H19ClN4O2. The molecule has 0 bridgehead atoms. The zero-order chi connectivity index (χ0) is 21.1. The topological polar surface area (TPSA) is 69.0 Å². The second-order valence-corrected chi connectivity index (χ2v) is 7.13. The monoisotopic (exact) mass is 418 g/mol. The maximum absolute atomic E-state index is 12.8. The van der Waals surface area contributed by atoms with Crippen molar-refractivity contribution < 1.29 is 9.53 Å². The number of aryl methyl sites for hydroxylation is 1. The van der Waals surface area contributed by atoms with Gasteiger partial charge in [-0.1, -0.05) is 29.3 Å². The van der Waals surface area contributed by atoms with Crippen LogP contribution in [-0.2, 0) is 0 Å². The summed E-state index contributed by atoms with van der Waals surface area (Å²) >= 11 is 6.02. The van der Waals surface area contributed by atoms with Gasteiger partial charge in [0.25, 0.3) is 5.91 Å². The summed E-state index contributed by atoms with van der Waals surface area (Å²) in [7, 11) is 1.59. The van der Waals surface area contributed by atoms with Crippen LogP contribution < -0.4 is 10.1 Å². The first-order valence-corrected chi connectivity index (χ1v) is 9.67. The summed E-state index contributed by atoms with van der Waals surface area (Å²) in [6.45, 7) is 2.01. The maximum Gasteiger partial charge on any atom is 0.295 e. The number of benzene rings is 3. The number of amides is 1. The van der Waals surface area contributed by atoms with E-state index in [2.05, 4.69) is 15.4 Å². The number of anilines is 1. The molecule has 4 aromatic rings. The van der Waals surface area contributed by atoms with Crippen LogP contribution in [0.5, 0.6) is 5.75 Å². The Kier molecular flexibility index (Phi) is 5.50. The molecule has 3 aromatic carbocycles. The third-order valence-corrected chi connectivity index (χ3v) is 4.79. The van der Waals surface area contributed by atoms with Crippen molar-refractivity contribution >= 4 is 23.2 Å². The first-order valence-electron chi connectivity index (χ1n) is 9.29. The number of carbonyl (C=O) groups excluding carboxylic acids is 1. The average molecular weight is 419 g/mol. The maximum atomic E-state index is 12.8. The predicted molar refractivity (Wildman–Crippen MR) is 117 cm³/mol. The molecule has 0 radical (unpaired) electrons. The molecule has 1 amide bonds. The molecule has 0 saturated carbocycles. The summed E-state index contributed by atoms with van der Waals surface area (Å²) in [6, 6.07) is 22.2. The highest BCUT2D eigenvalue weighted by molar-refractivity contribution is 6.30. The van der Waals surface area contributed by atoms with Gasteiger partial charge in [0.05, 0.1) is 12.8 Å². The molecule has 0 aliphatic rings. The average Bonchev–Trinajstić information content (AvgIpc) is 3.21. The number of ether oxygens (including phenoxy) is 1. The summed E-state index contributed by atoms with van der Waals surface area (Å²) in [4.78, 5) is 17.3. The molecule has 1 heterocycles. The Hall–Kier alpha value is -3.64. The number of nitrogens with one attached hydrogen (secondary N) is 1. The van der Waals surface area contributed by atoms with Crippen molar-refractivity contribution in [2.75, 3.05) is 12.4 Å². The quantitative estimate of drug-likeness (QED) is 0.486. The van der Waals surface area contributed by atoms with Crippen molar-refractivity contribution in [3.05, 3.63) is 89.2 Å². The van der Waals surface area contributed by atoms with E-state index in [-0.39, 0.29) is 5.82 Å². The van der Waals surface area contributed by atoms with E-state index in [1.54, 1.807) is 48.2 Å². The Morgan fingerprint density at radius 2 is 1.63 bits per heavy atom. The number of rotatable bonds is 5. The minimum Gasteiger partial charge on any atom is -0.497 e. The van der Waals surface area contributed by atoms with Crippen LogP contribution in [0, 0.1) is 6.92 Å². The predicted octanol–water partition coefficient (Wildman–Crippen LogP) is 5.16. The Bertz CT molecular complexity index is 1100. The molecule has 0 aliphatic heterocycles. The summed E-state index contributed by atoms with van der Waals surface area (Å²) in [6.07, 6.45) is 0. The molecule has 0 unspecified atom stereocenters. The van der Waals surface area contributed by atoms with Crippen LogP contribution in [0.3, 0.4) is 0 Å². The molecule has 150 valence electrons. The lowest BCUT2D eigenvalue weighted by atomic mass is 10.2. The van der Waals surface area contributed by atoms with Crippen LogP contribution in [0.1, 0.15) is 16.2 Å². The van der Waals surface area contributed by atoms with Gasteiger partial charge in [-0.15, -0.1) is 5.10 Å². The van der Waals surface area contributed by atoms with Gasteiger partial charge in [-0.2, -0.15) is 0 Å². The molecule has 30 heavy (non-hydrogen) atoms. The van der Waals surface area contributed by atoms with Gasteiger partial charge in [-0.05, 0) is 67.6 Å². The van der Waals surface area contributed by atoms with Crippen LogP contribution in [0.25, 0.3) is 17.1 Å². The van der Waals surface area contributed by atoms with Crippen molar-refractivity contribution in [3.8, 4) is 22.8 Å². The van der Waals surface area contributed by atoms with Gasteiger partial charge >= 0.3 is 0 Å². The lowest BCUT2D eigenvalue weighted by molar-refractivity contribution is 0.101. The third-order valence-electron chi connectivity index (χ3n) is 4.54. The van der Waals surface area contributed by atoms with E-state index in [4.69, 9.17) is 16.3 Å². The fraction of sp³-hybridized carbons (Fsp3) is 0.0870. The SMILES string of the molecule is COc1ccc(NC(=O)c2nc(-c3ccc(Cl)cc3)n(-c3ccc(C)cc3)n2)cc1. The standard InChI is InChI=1S/C23H19ClN4O2/c1-15-3-11-19(12-4-15)28-22(16-5-7-17(24)8-6-16)26-21(27-28)23(29)25-18-9-13-20(30-2)14-10-18/h3-14H,1-2H3,(H,25,29). The number of carbonyl (C=O) groups is 1. The smallest absolute Gasteiger partial charge is 0.295 e. The fourth-order valence-electron chi connectivity index (χ4n) is 2.92. The minimum absolute atomic E-state index is 0.0661. The molecule has 1 aromatic heterocycles. The molecule has 4 rings (SSSR count). The Morgan fingerprint density at radius 1 is 0.967 bits per heavy atom. The minimum atomic E-state index is -0.402. The summed E-state index contributed by atoms with van der Waals surface area (Å²) in [5.74, 6) is 0.924. The van der Waals surface area contributed by atoms with Crippen molar-refractivity contribution in [2.24, 2.45) is 0 Å². The summed E-state index contributed by atoms with van der Waals surface area (Å²) in [5, 5.41) is 7.91. The molecule has 7 heteroatoms. The van der Waals surface area contributed by atoms with E-state index >= 15 is 0 Å². The lowest BCUT2D eigenvalue weighted by Crippen LogP contribution is -2.14. The van der Waals surface area contributed by atoms with E-state index < -0.39 is 5.91 Å². The zero-order valence-electron chi connectivity index (χ0n) is 16.5. The van der Waals surface area contributed by atoms with Gasteiger partial charge in [0, 0.05) is 16.3 Å². The van der Waals surface area contributed by atoms with Crippen LogP contribution >= 0.6 is 11.6 Å². The number of methoxy groups -OCH3 is 1. The van der Waals surface area contributed by atoms with Crippen LogP contribution in [0.2, 0.25) is 5.02 Å². The van der Waals surface area contributed by atoms with Crippen molar-refractivity contribution in [1.29, 1.82) is 0 Å². The van der Waals surface area contributed by atoms with Crippen molar-refractivity contribution in [2.45, 2.75) is 6.92 Å². The van der Waals surface area contributed by atoms with Gasteiger partial charge in [0.15, 0.2) is 5.82 Å². The Labute approximate surface area is 179 Å². The highest BCUT2D eigenvalue weighted by atomic mass is 35.5. The van der Waals surface area contributed by atoms with Gasteiger partial charge in [-0.25, -0.2) is 9.67 Å². The molecular weight excluding hydrogens is 400 g/mol. The zero-order valence-corrected chi connectivity index (χ0v) is 17.2. The van der Waals surface area contributed by atoms with Crippen LogP contribution in [-0.4, -0.2) is 27.8 Å². The molecule has 1 N–H and O–H groups in total. The van der Waals surface area contributed by atoms with E-state index in [0.717, 1.165) is 16.8 Å². The van der Waals surface area contributed by atoms with Gasteiger partial charge in [0.1, 0.15) is 5.75 Å². The van der Waals surface area contributed by atoms with Crippen molar-refractivity contribution in [1.82, 2.24) is 14.8 Å². The molecule has 0 atom stereocenters. The number of halogens is 1. The highest BCUT2D eigenvalue weighted by Gasteiger charge is 2.19. The number of aromatic nitrogens is 3. The number of hydrogen-bond donors (Lipinski definition) is 1. The summed E-state index contributed by atoms with van der Waals surface area (Å²) < 4.78 is 6.80. The first kappa shape index (κ1) is 19.7. The van der Waals surface area contributed by atoms with Crippen molar-refractivity contribution in [3.63, 3.8) is 0 Å². The van der Waals surface area contributed by atoms with E-state index in [9.17, 15) is 4.79 Å². The van der Waals surface area contributed by atoms with E-state index in [0.29, 0.717) is 22.3 Å².